The summed E-state index contributed by atoms with van der Waals surface area (Å²) in [7, 11) is 0. The highest BCUT2D eigenvalue weighted by Gasteiger charge is 2.28. The molecule has 1 aliphatic heterocycles. The van der Waals surface area contributed by atoms with E-state index in [2.05, 4.69) is 12.2 Å². The van der Waals surface area contributed by atoms with Gasteiger partial charge in [-0.25, -0.2) is 4.39 Å². The lowest BCUT2D eigenvalue weighted by Gasteiger charge is -2.33. The van der Waals surface area contributed by atoms with Crippen molar-refractivity contribution < 1.29 is 4.39 Å². The summed E-state index contributed by atoms with van der Waals surface area (Å²) >= 11 is 0. The standard InChI is InChI=1S/C15H22FN/c1-2-15(10-4-3-5-11-17-15)12-13-6-8-14(16)9-7-13/h6-9,17H,2-5,10-12H2,1H3. The van der Waals surface area contributed by atoms with Gasteiger partial charge in [0.05, 0.1) is 0 Å². The zero-order valence-electron chi connectivity index (χ0n) is 10.6. The Morgan fingerprint density at radius 3 is 2.65 bits per heavy atom. The normalized spacial score (nSPS) is 25.5. The fourth-order valence-electron chi connectivity index (χ4n) is 2.78. The van der Waals surface area contributed by atoms with Crippen LogP contribution in [0, 0.1) is 5.82 Å². The molecule has 1 nitrogen and oxygen atoms in total. The minimum Gasteiger partial charge on any atom is -0.311 e. The number of nitrogens with one attached hydrogen (secondary N) is 1. The number of hydrogen-bond donors (Lipinski definition) is 1. The Labute approximate surface area is 103 Å². The van der Waals surface area contributed by atoms with Gasteiger partial charge >= 0.3 is 0 Å². The maximum atomic E-state index is 12.9. The SMILES string of the molecule is CCC1(Cc2ccc(F)cc2)CCCCCN1. The average molecular weight is 235 g/mol. The largest absolute Gasteiger partial charge is 0.311 e. The van der Waals surface area contributed by atoms with Crippen LogP contribution >= 0.6 is 0 Å². The van der Waals surface area contributed by atoms with E-state index in [4.69, 9.17) is 0 Å². The molecule has 0 aliphatic carbocycles. The highest BCUT2D eigenvalue weighted by Crippen LogP contribution is 2.26. The summed E-state index contributed by atoms with van der Waals surface area (Å²) in [6.07, 6.45) is 7.32. The van der Waals surface area contributed by atoms with Gasteiger partial charge in [0, 0.05) is 5.54 Å². The Morgan fingerprint density at radius 2 is 1.94 bits per heavy atom. The molecule has 1 unspecified atom stereocenters. The van der Waals surface area contributed by atoms with Crippen LogP contribution in [0.2, 0.25) is 0 Å². The van der Waals surface area contributed by atoms with E-state index in [-0.39, 0.29) is 11.4 Å². The van der Waals surface area contributed by atoms with E-state index in [1.165, 1.54) is 31.2 Å². The van der Waals surface area contributed by atoms with Crippen molar-refractivity contribution in [1.29, 1.82) is 0 Å². The van der Waals surface area contributed by atoms with Crippen molar-refractivity contribution in [2.45, 2.75) is 51.0 Å². The third kappa shape index (κ3) is 3.29. The minimum atomic E-state index is -0.145. The fourth-order valence-corrected chi connectivity index (χ4v) is 2.78. The molecule has 0 bridgehead atoms. The van der Waals surface area contributed by atoms with E-state index in [1.807, 2.05) is 12.1 Å². The Balaban J connectivity index is 2.09. The van der Waals surface area contributed by atoms with E-state index in [1.54, 1.807) is 12.1 Å². The summed E-state index contributed by atoms with van der Waals surface area (Å²) in [5, 5.41) is 3.71. The van der Waals surface area contributed by atoms with Crippen molar-refractivity contribution in [1.82, 2.24) is 5.32 Å². The second-order valence-electron chi connectivity index (χ2n) is 5.17. The van der Waals surface area contributed by atoms with Crippen molar-refractivity contribution in [3.8, 4) is 0 Å². The maximum Gasteiger partial charge on any atom is 0.123 e. The molecule has 0 saturated carbocycles. The quantitative estimate of drug-likeness (QED) is 0.842. The number of halogens is 1. The van der Waals surface area contributed by atoms with Gasteiger partial charge in [0.15, 0.2) is 0 Å². The summed E-state index contributed by atoms with van der Waals surface area (Å²) in [6, 6.07) is 6.96. The average Bonchev–Trinajstić information content (AvgIpc) is 2.58. The molecule has 0 spiro atoms. The Kier molecular flexibility index (Phi) is 4.16. The molecule has 2 heteroatoms. The molecule has 1 aliphatic rings. The van der Waals surface area contributed by atoms with Gasteiger partial charge in [-0.15, -0.1) is 0 Å². The summed E-state index contributed by atoms with van der Waals surface area (Å²) in [5.41, 5.74) is 1.47. The monoisotopic (exact) mass is 235 g/mol. The summed E-state index contributed by atoms with van der Waals surface area (Å²) in [5.74, 6) is -0.145. The smallest absolute Gasteiger partial charge is 0.123 e. The minimum absolute atomic E-state index is 0.145. The molecule has 1 atom stereocenters. The van der Waals surface area contributed by atoms with Gasteiger partial charge in [-0.05, 0) is 49.9 Å². The lowest BCUT2D eigenvalue weighted by molar-refractivity contribution is 0.302. The predicted molar refractivity (Wildman–Crippen MR) is 69.6 cm³/mol. The van der Waals surface area contributed by atoms with Crippen molar-refractivity contribution in [2.24, 2.45) is 0 Å². The van der Waals surface area contributed by atoms with Crippen LogP contribution < -0.4 is 5.32 Å². The zero-order chi connectivity index (χ0) is 12.1. The molecule has 1 N–H and O–H groups in total. The Hall–Kier alpha value is -0.890. The molecule has 1 fully saturated rings. The number of benzene rings is 1. The predicted octanol–water partition coefficient (Wildman–Crippen LogP) is 3.68. The van der Waals surface area contributed by atoms with E-state index < -0.39 is 0 Å². The molecule has 0 amide bonds. The van der Waals surface area contributed by atoms with E-state index in [9.17, 15) is 4.39 Å². The Morgan fingerprint density at radius 1 is 1.18 bits per heavy atom. The Bertz CT molecular complexity index is 336. The van der Waals surface area contributed by atoms with Crippen molar-refractivity contribution in [3.63, 3.8) is 0 Å². The first-order chi connectivity index (χ1) is 8.24. The van der Waals surface area contributed by atoms with E-state index in [0.29, 0.717) is 0 Å². The van der Waals surface area contributed by atoms with Crippen molar-refractivity contribution >= 4 is 0 Å². The molecule has 1 heterocycles. The van der Waals surface area contributed by atoms with Gasteiger partial charge in [-0.1, -0.05) is 31.9 Å². The van der Waals surface area contributed by atoms with Crippen molar-refractivity contribution in [2.75, 3.05) is 6.54 Å². The molecule has 17 heavy (non-hydrogen) atoms. The third-order valence-electron chi connectivity index (χ3n) is 3.96. The van der Waals surface area contributed by atoms with Gasteiger partial charge in [0.1, 0.15) is 5.82 Å². The van der Waals surface area contributed by atoms with E-state index >= 15 is 0 Å². The van der Waals surface area contributed by atoms with Crippen LogP contribution in [0.3, 0.4) is 0 Å². The first-order valence-corrected chi connectivity index (χ1v) is 6.74. The molecular weight excluding hydrogens is 213 g/mol. The first kappa shape index (κ1) is 12.6. The molecule has 2 rings (SSSR count). The highest BCUT2D eigenvalue weighted by atomic mass is 19.1. The second kappa shape index (κ2) is 5.63. The fraction of sp³-hybridized carbons (Fsp3) is 0.600. The summed E-state index contributed by atoms with van der Waals surface area (Å²) < 4.78 is 12.9. The lowest BCUT2D eigenvalue weighted by Crippen LogP contribution is -2.46. The molecular formula is C15H22FN. The molecule has 1 aromatic carbocycles. The molecule has 1 saturated heterocycles. The lowest BCUT2D eigenvalue weighted by atomic mass is 9.84. The summed E-state index contributed by atoms with van der Waals surface area (Å²) in [6.45, 7) is 3.37. The molecule has 0 radical (unpaired) electrons. The van der Waals surface area contributed by atoms with Gasteiger partial charge in [0.25, 0.3) is 0 Å². The van der Waals surface area contributed by atoms with Crippen molar-refractivity contribution in [3.05, 3.63) is 35.6 Å². The van der Waals surface area contributed by atoms with Gasteiger partial charge < -0.3 is 5.32 Å². The van der Waals surface area contributed by atoms with Crippen LogP contribution in [-0.4, -0.2) is 12.1 Å². The number of rotatable bonds is 3. The van der Waals surface area contributed by atoms with Gasteiger partial charge in [0.2, 0.25) is 0 Å². The zero-order valence-corrected chi connectivity index (χ0v) is 10.6. The first-order valence-electron chi connectivity index (χ1n) is 6.74. The second-order valence-corrected chi connectivity index (χ2v) is 5.17. The van der Waals surface area contributed by atoms with Gasteiger partial charge in [-0.2, -0.15) is 0 Å². The van der Waals surface area contributed by atoms with Crippen LogP contribution in [-0.2, 0) is 6.42 Å². The molecule has 0 aromatic heterocycles. The highest BCUT2D eigenvalue weighted by molar-refractivity contribution is 5.19. The van der Waals surface area contributed by atoms with Crippen LogP contribution in [0.4, 0.5) is 4.39 Å². The topological polar surface area (TPSA) is 12.0 Å². The molecule has 94 valence electrons. The van der Waals surface area contributed by atoms with Gasteiger partial charge in [-0.3, -0.25) is 0 Å². The summed E-state index contributed by atoms with van der Waals surface area (Å²) in [4.78, 5) is 0. The van der Waals surface area contributed by atoms with E-state index in [0.717, 1.165) is 19.4 Å². The van der Waals surface area contributed by atoms with Crippen LogP contribution in [0.15, 0.2) is 24.3 Å². The van der Waals surface area contributed by atoms with Crippen LogP contribution in [0.25, 0.3) is 0 Å². The maximum absolute atomic E-state index is 12.9. The van der Waals surface area contributed by atoms with Crippen LogP contribution in [0.5, 0.6) is 0 Å². The van der Waals surface area contributed by atoms with Crippen LogP contribution in [0.1, 0.15) is 44.6 Å². The molecule has 1 aromatic rings. The third-order valence-corrected chi connectivity index (χ3v) is 3.96. The number of hydrogen-bond acceptors (Lipinski definition) is 1.